The zero-order valence-electron chi connectivity index (χ0n) is 20.2. The Morgan fingerprint density at radius 1 is 1.29 bits per heavy atom. The maximum atomic E-state index is 10.3. The molecule has 2 aromatic rings. The second-order valence-electron chi connectivity index (χ2n) is 8.47. The van der Waals surface area contributed by atoms with Crippen LogP contribution in [-0.4, -0.2) is 66.4 Å². The first-order valence-corrected chi connectivity index (χ1v) is 11.6. The number of amidine groups is 1. The average molecular weight is 465 g/mol. The predicted molar refractivity (Wildman–Crippen MR) is 139 cm³/mol. The van der Waals surface area contributed by atoms with E-state index in [-0.39, 0.29) is 17.7 Å². The van der Waals surface area contributed by atoms with E-state index in [1.54, 1.807) is 30.4 Å². The van der Waals surface area contributed by atoms with E-state index < -0.39 is 0 Å². The smallest absolute Gasteiger partial charge is 0.144 e. The second-order valence-corrected chi connectivity index (χ2v) is 8.47. The molecule has 0 spiro atoms. The van der Waals surface area contributed by atoms with Gasteiger partial charge in [-0.25, -0.2) is 4.98 Å². The van der Waals surface area contributed by atoms with Crippen LogP contribution in [-0.2, 0) is 6.54 Å². The minimum absolute atomic E-state index is 0.205. The van der Waals surface area contributed by atoms with Gasteiger partial charge in [0.1, 0.15) is 17.4 Å². The van der Waals surface area contributed by atoms with E-state index in [1.807, 2.05) is 32.0 Å². The van der Waals surface area contributed by atoms with Gasteiger partial charge >= 0.3 is 0 Å². The third-order valence-corrected chi connectivity index (χ3v) is 6.08. The van der Waals surface area contributed by atoms with Crippen LogP contribution in [0.5, 0.6) is 0 Å². The van der Waals surface area contributed by atoms with Crippen molar-refractivity contribution in [1.82, 2.24) is 20.5 Å². The first-order chi connectivity index (χ1) is 16.4. The number of aliphatic hydroxyl groups is 1. The highest BCUT2D eigenvalue weighted by atomic mass is 16.3. The molecule has 1 aliphatic rings. The molecule has 9 heteroatoms. The van der Waals surface area contributed by atoms with Gasteiger partial charge in [-0.3, -0.25) is 20.2 Å². The molecule has 0 aliphatic carbocycles. The van der Waals surface area contributed by atoms with E-state index in [2.05, 4.69) is 32.7 Å². The molecule has 0 bridgehead atoms. The van der Waals surface area contributed by atoms with E-state index in [4.69, 9.17) is 16.1 Å². The van der Waals surface area contributed by atoms with Crippen molar-refractivity contribution in [2.75, 3.05) is 43.9 Å². The minimum Gasteiger partial charge on any atom is -0.510 e. The summed E-state index contributed by atoms with van der Waals surface area (Å²) in [6, 6.07) is 11.5. The SMILES string of the molecule is CNC=C(O)[C@H](C)[C@H](C)N=C(c1cccnc1N)N(C=N)c1ccc(CN2CCNCC2)cc1. The Bertz CT molecular complexity index is 998. The Hall–Kier alpha value is -3.43. The van der Waals surface area contributed by atoms with Crippen LogP contribution >= 0.6 is 0 Å². The Labute approximate surface area is 201 Å². The zero-order chi connectivity index (χ0) is 24.5. The summed E-state index contributed by atoms with van der Waals surface area (Å²) >= 11 is 0. The number of nitrogens with two attached hydrogens (primary N) is 1. The summed E-state index contributed by atoms with van der Waals surface area (Å²) in [5.41, 5.74) is 8.86. The van der Waals surface area contributed by atoms with Gasteiger partial charge in [0.25, 0.3) is 0 Å². The first-order valence-electron chi connectivity index (χ1n) is 11.6. The highest BCUT2D eigenvalue weighted by molar-refractivity contribution is 6.20. The number of aliphatic hydroxyl groups excluding tert-OH is 1. The van der Waals surface area contributed by atoms with Crippen LogP contribution in [0.25, 0.3) is 0 Å². The molecule has 2 heterocycles. The molecule has 1 aromatic carbocycles. The molecular formula is C25H36N8O. The summed E-state index contributed by atoms with van der Waals surface area (Å²) in [6.07, 6.45) is 4.42. The Kier molecular flexibility index (Phi) is 9.00. The van der Waals surface area contributed by atoms with Gasteiger partial charge in [0.2, 0.25) is 0 Å². The van der Waals surface area contributed by atoms with Crippen molar-refractivity contribution in [2.24, 2.45) is 10.9 Å². The van der Waals surface area contributed by atoms with E-state index in [1.165, 1.54) is 11.9 Å². The summed E-state index contributed by atoms with van der Waals surface area (Å²) in [4.78, 5) is 13.2. The van der Waals surface area contributed by atoms with Crippen LogP contribution in [0.3, 0.4) is 0 Å². The van der Waals surface area contributed by atoms with Crippen molar-refractivity contribution in [3.8, 4) is 0 Å². The molecular weight excluding hydrogens is 428 g/mol. The van der Waals surface area contributed by atoms with Crippen molar-refractivity contribution in [3.05, 3.63) is 65.7 Å². The molecule has 0 radical (unpaired) electrons. The molecule has 182 valence electrons. The Balaban J connectivity index is 1.93. The molecule has 1 aromatic heterocycles. The van der Waals surface area contributed by atoms with Crippen molar-refractivity contribution < 1.29 is 5.11 Å². The monoisotopic (exact) mass is 464 g/mol. The lowest BCUT2D eigenvalue weighted by atomic mass is 10.0. The number of piperazine rings is 1. The summed E-state index contributed by atoms with van der Waals surface area (Å²) < 4.78 is 0. The summed E-state index contributed by atoms with van der Waals surface area (Å²) in [5.74, 6) is 0.801. The number of hydrogen-bond acceptors (Lipinski definition) is 8. The molecule has 1 saturated heterocycles. The fraction of sp³-hybridized carbons (Fsp3) is 0.400. The van der Waals surface area contributed by atoms with Gasteiger partial charge in [0.15, 0.2) is 0 Å². The van der Waals surface area contributed by atoms with Crippen molar-refractivity contribution in [3.63, 3.8) is 0 Å². The van der Waals surface area contributed by atoms with Gasteiger partial charge in [-0.15, -0.1) is 0 Å². The van der Waals surface area contributed by atoms with Crippen LogP contribution < -0.4 is 21.3 Å². The molecule has 1 fully saturated rings. The average Bonchev–Trinajstić information content (AvgIpc) is 2.85. The Morgan fingerprint density at radius 2 is 2.00 bits per heavy atom. The largest absolute Gasteiger partial charge is 0.510 e. The van der Waals surface area contributed by atoms with Gasteiger partial charge in [0.05, 0.1) is 17.9 Å². The van der Waals surface area contributed by atoms with E-state index >= 15 is 0 Å². The van der Waals surface area contributed by atoms with Crippen molar-refractivity contribution in [1.29, 1.82) is 5.41 Å². The van der Waals surface area contributed by atoms with E-state index in [0.29, 0.717) is 17.2 Å². The third-order valence-electron chi connectivity index (χ3n) is 6.08. The third kappa shape index (κ3) is 6.33. The maximum Gasteiger partial charge on any atom is 0.144 e. The normalized spacial score (nSPS) is 17.1. The summed E-state index contributed by atoms with van der Waals surface area (Å²) in [6.45, 7) is 8.83. The molecule has 6 N–H and O–H groups in total. The van der Waals surface area contributed by atoms with Crippen LogP contribution in [0.4, 0.5) is 11.5 Å². The first kappa shape index (κ1) is 25.2. The zero-order valence-corrected chi connectivity index (χ0v) is 20.2. The Morgan fingerprint density at radius 3 is 2.62 bits per heavy atom. The second kappa shape index (κ2) is 12.2. The lowest BCUT2D eigenvalue weighted by Crippen LogP contribution is -2.42. The minimum atomic E-state index is -0.284. The molecule has 34 heavy (non-hydrogen) atoms. The highest BCUT2D eigenvalue weighted by Crippen LogP contribution is 2.23. The van der Waals surface area contributed by atoms with Crippen molar-refractivity contribution >= 4 is 23.7 Å². The number of aliphatic imine (C=N–C) groups is 1. The van der Waals surface area contributed by atoms with Crippen LogP contribution in [0.2, 0.25) is 0 Å². The number of anilines is 2. The van der Waals surface area contributed by atoms with E-state index in [0.717, 1.165) is 38.4 Å². The quantitative estimate of drug-likeness (QED) is 0.219. The highest BCUT2D eigenvalue weighted by Gasteiger charge is 2.22. The molecule has 0 amide bonds. The fourth-order valence-electron chi connectivity index (χ4n) is 3.85. The van der Waals surface area contributed by atoms with E-state index in [9.17, 15) is 5.11 Å². The summed E-state index contributed by atoms with van der Waals surface area (Å²) in [5, 5.41) is 24.7. The number of hydrogen-bond donors (Lipinski definition) is 5. The lowest BCUT2D eigenvalue weighted by Gasteiger charge is -2.28. The number of nitrogens with zero attached hydrogens (tertiary/aromatic N) is 4. The number of nitrogens with one attached hydrogen (secondary N) is 3. The maximum absolute atomic E-state index is 10.3. The molecule has 9 nitrogen and oxygen atoms in total. The number of nitrogen functional groups attached to an aromatic ring is 1. The van der Waals surface area contributed by atoms with Gasteiger partial charge in [-0.2, -0.15) is 0 Å². The van der Waals surface area contributed by atoms with Gasteiger partial charge < -0.3 is 21.5 Å². The molecule has 3 rings (SSSR count). The summed E-state index contributed by atoms with van der Waals surface area (Å²) in [7, 11) is 1.74. The molecule has 0 saturated carbocycles. The van der Waals surface area contributed by atoms with Gasteiger partial charge in [-0.05, 0) is 36.8 Å². The van der Waals surface area contributed by atoms with Crippen LogP contribution in [0.1, 0.15) is 25.0 Å². The van der Waals surface area contributed by atoms with Crippen LogP contribution in [0, 0.1) is 11.3 Å². The van der Waals surface area contributed by atoms with Gasteiger partial charge in [0, 0.05) is 63.8 Å². The van der Waals surface area contributed by atoms with Gasteiger partial charge in [-0.1, -0.05) is 19.1 Å². The molecule has 2 atom stereocenters. The topological polar surface area (TPSA) is 126 Å². The number of benzene rings is 1. The predicted octanol–water partition coefficient (Wildman–Crippen LogP) is 2.57. The fourth-order valence-corrected chi connectivity index (χ4v) is 3.85. The van der Waals surface area contributed by atoms with Crippen LogP contribution in [0.15, 0.2) is 59.5 Å². The number of pyridine rings is 1. The standard InChI is InChI=1S/C25H36N8O/c1-18(23(34)15-28-3)19(2)31-25(22-5-4-10-30-24(22)27)33(17-26)21-8-6-20(7-9-21)16-32-13-11-29-12-14-32/h4-10,15,17-19,26,28-29,34H,11-14,16H2,1-3H3,(H2,27,30)/t18-,19+/m1/s1. The molecule has 1 aliphatic heterocycles. The molecule has 0 unspecified atom stereocenters. The number of rotatable bonds is 9. The van der Waals surface area contributed by atoms with Crippen molar-refractivity contribution in [2.45, 2.75) is 26.4 Å². The number of aromatic nitrogens is 1. The lowest BCUT2D eigenvalue weighted by molar-refractivity contribution is 0.233.